The van der Waals surface area contributed by atoms with E-state index >= 15 is 0 Å². The molecule has 0 bridgehead atoms. The van der Waals surface area contributed by atoms with Crippen molar-refractivity contribution >= 4 is 27.3 Å². The molecule has 2 aromatic carbocycles. The maximum absolute atomic E-state index is 12.3. The fourth-order valence-corrected chi connectivity index (χ4v) is 4.47. The molecule has 0 saturated carbocycles. The smallest absolute Gasteiger partial charge is 0.254 e. The highest BCUT2D eigenvalue weighted by atomic mass is 35.5. The zero-order valence-electron chi connectivity index (χ0n) is 18.4. The number of sulfonamides is 1. The second-order valence-electron chi connectivity index (χ2n) is 7.88. The van der Waals surface area contributed by atoms with Gasteiger partial charge in [0.15, 0.2) is 0 Å². The van der Waals surface area contributed by atoms with Crippen LogP contribution in [0.15, 0.2) is 53.5 Å². The number of nitrogens with one attached hydrogen (secondary N) is 1. The van der Waals surface area contributed by atoms with E-state index in [0.717, 1.165) is 24.8 Å². The van der Waals surface area contributed by atoms with Gasteiger partial charge in [-0.3, -0.25) is 9.52 Å². The minimum atomic E-state index is -3.48. The molecule has 1 N–H and O–H groups in total. The monoisotopic (exact) mass is 488 g/mol. The zero-order valence-corrected chi connectivity index (χ0v) is 20.0. The summed E-state index contributed by atoms with van der Waals surface area (Å²) in [6.07, 6.45) is 4.07. The molecule has 0 atom stereocenters. The molecule has 4 rings (SSSR count). The Hall–Kier alpha value is -2.97. The fourth-order valence-electron chi connectivity index (χ4n) is 3.64. The topological polar surface area (TPSA) is 86.6 Å². The van der Waals surface area contributed by atoms with Crippen molar-refractivity contribution in [3.8, 4) is 28.4 Å². The van der Waals surface area contributed by atoms with Crippen molar-refractivity contribution in [3.05, 3.63) is 69.6 Å². The van der Waals surface area contributed by atoms with Gasteiger partial charge in [0.25, 0.3) is 5.56 Å². The molecule has 0 unspecified atom stereocenters. The minimum Gasteiger partial charge on any atom is -0.493 e. The van der Waals surface area contributed by atoms with E-state index in [9.17, 15) is 13.2 Å². The first-order valence-electron chi connectivity index (χ1n) is 10.7. The van der Waals surface area contributed by atoms with Gasteiger partial charge in [-0.15, -0.1) is 0 Å². The van der Waals surface area contributed by atoms with Crippen LogP contribution < -0.4 is 19.8 Å². The SMILES string of the molecule is CCS(=O)(=O)Nc1ccc2c(c1)-c1cn(C)c(=O)cc1OCCCCc1cc(Cl)ccc1O2. The molecule has 0 aliphatic carbocycles. The fraction of sp³-hybridized carbons (Fsp3) is 0.292. The Morgan fingerprint density at radius 2 is 1.82 bits per heavy atom. The predicted octanol–water partition coefficient (Wildman–Crippen LogP) is 4.97. The van der Waals surface area contributed by atoms with Gasteiger partial charge in [0.05, 0.1) is 12.4 Å². The average molecular weight is 489 g/mol. The second-order valence-corrected chi connectivity index (χ2v) is 10.3. The Labute approximate surface area is 198 Å². The van der Waals surface area contributed by atoms with Gasteiger partial charge < -0.3 is 14.0 Å². The van der Waals surface area contributed by atoms with E-state index in [4.69, 9.17) is 21.1 Å². The molecule has 0 saturated heterocycles. The van der Waals surface area contributed by atoms with Crippen LogP contribution in [-0.4, -0.2) is 25.3 Å². The number of aryl methyl sites for hydroxylation is 2. The number of ether oxygens (including phenoxy) is 2. The van der Waals surface area contributed by atoms with E-state index in [1.807, 2.05) is 12.1 Å². The molecule has 9 heteroatoms. The van der Waals surface area contributed by atoms with Gasteiger partial charge in [-0.1, -0.05) is 11.6 Å². The highest BCUT2D eigenvalue weighted by Crippen LogP contribution is 2.41. The summed E-state index contributed by atoms with van der Waals surface area (Å²) in [5.74, 6) is 1.55. The molecule has 1 aliphatic rings. The normalized spacial score (nSPS) is 13.8. The Balaban J connectivity index is 1.92. The maximum Gasteiger partial charge on any atom is 0.254 e. The first-order chi connectivity index (χ1) is 15.8. The number of halogens is 1. The van der Waals surface area contributed by atoms with Crippen LogP contribution >= 0.6 is 11.6 Å². The molecule has 0 fully saturated rings. The first-order valence-corrected chi connectivity index (χ1v) is 12.7. The van der Waals surface area contributed by atoms with Crippen LogP contribution in [0.1, 0.15) is 25.3 Å². The van der Waals surface area contributed by atoms with Crippen molar-refractivity contribution in [1.29, 1.82) is 0 Å². The third-order valence-corrected chi connectivity index (χ3v) is 7.00. The van der Waals surface area contributed by atoms with Crippen LogP contribution in [0.2, 0.25) is 5.02 Å². The van der Waals surface area contributed by atoms with E-state index < -0.39 is 10.0 Å². The number of hydrogen-bond acceptors (Lipinski definition) is 5. The van der Waals surface area contributed by atoms with Crippen molar-refractivity contribution in [2.24, 2.45) is 7.05 Å². The standard InChI is InChI=1S/C24H25ClN2O5S/c1-3-33(29,30)26-18-8-10-22-19(13-18)20-15-27(2)24(28)14-23(20)31-11-5-4-6-16-12-17(25)7-9-21(16)32-22/h7-10,12-15,26H,3-6,11H2,1-2H3. The van der Waals surface area contributed by atoms with Crippen molar-refractivity contribution in [3.63, 3.8) is 0 Å². The van der Waals surface area contributed by atoms with Gasteiger partial charge in [-0.2, -0.15) is 0 Å². The lowest BCUT2D eigenvalue weighted by Gasteiger charge is -2.20. The van der Waals surface area contributed by atoms with Gasteiger partial charge in [0.1, 0.15) is 17.2 Å². The number of rotatable bonds is 3. The summed E-state index contributed by atoms with van der Waals surface area (Å²) in [4.78, 5) is 12.3. The Morgan fingerprint density at radius 1 is 1.03 bits per heavy atom. The largest absolute Gasteiger partial charge is 0.493 e. The Kier molecular flexibility index (Phi) is 6.67. The number of fused-ring (bicyclic) bond motifs is 4. The molecule has 3 aromatic rings. The van der Waals surface area contributed by atoms with Crippen LogP contribution in [0.25, 0.3) is 11.1 Å². The van der Waals surface area contributed by atoms with E-state index in [1.54, 1.807) is 44.4 Å². The van der Waals surface area contributed by atoms with Gasteiger partial charge in [0.2, 0.25) is 10.0 Å². The van der Waals surface area contributed by atoms with Crippen LogP contribution in [0.5, 0.6) is 17.2 Å². The highest BCUT2D eigenvalue weighted by Gasteiger charge is 2.19. The number of nitrogens with zero attached hydrogens (tertiary/aromatic N) is 1. The van der Waals surface area contributed by atoms with Crippen molar-refractivity contribution in [2.75, 3.05) is 17.1 Å². The quantitative estimate of drug-likeness (QED) is 0.562. The second kappa shape index (κ2) is 9.49. The Bertz CT molecular complexity index is 1350. The molecule has 174 valence electrons. The van der Waals surface area contributed by atoms with E-state index in [-0.39, 0.29) is 11.3 Å². The van der Waals surface area contributed by atoms with Crippen LogP contribution in [0.3, 0.4) is 0 Å². The summed E-state index contributed by atoms with van der Waals surface area (Å²) < 4.78 is 40.7. The van der Waals surface area contributed by atoms with E-state index in [1.165, 1.54) is 10.6 Å². The molecule has 33 heavy (non-hydrogen) atoms. The minimum absolute atomic E-state index is 0.0527. The summed E-state index contributed by atoms with van der Waals surface area (Å²) in [6.45, 7) is 2.01. The number of pyridine rings is 1. The van der Waals surface area contributed by atoms with Gasteiger partial charge in [0, 0.05) is 41.1 Å². The molecule has 0 radical (unpaired) electrons. The Morgan fingerprint density at radius 3 is 2.61 bits per heavy atom. The molecule has 0 amide bonds. The van der Waals surface area contributed by atoms with Gasteiger partial charge >= 0.3 is 0 Å². The lowest BCUT2D eigenvalue weighted by molar-refractivity contribution is 0.306. The summed E-state index contributed by atoms with van der Waals surface area (Å²) in [5.41, 5.74) is 2.39. The summed E-state index contributed by atoms with van der Waals surface area (Å²) in [7, 11) is -1.82. The number of aromatic nitrogens is 1. The molecule has 2 heterocycles. The molecule has 1 aliphatic heterocycles. The van der Waals surface area contributed by atoms with Crippen molar-refractivity contribution < 1.29 is 17.9 Å². The van der Waals surface area contributed by atoms with Crippen LogP contribution in [-0.2, 0) is 23.5 Å². The number of benzene rings is 2. The third kappa shape index (κ3) is 5.34. The maximum atomic E-state index is 12.3. The van der Waals surface area contributed by atoms with E-state index in [0.29, 0.717) is 45.7 Å². The predicted molar refractivity (Wildman–Crippen MR) is 130 cm³/mol. The molecule has 1 aromatic heterocycles. The first kappa shape index (κ1) is 23.2. The molecule has 7 nitrogen and oxygen atoms in total. The third-order valence-electron chi connectivity index (χ3n) is 5.45. The van der Waals surface area contributed by atoms with Gasteiger partial charge in [-0.05, 0) is 68.1 Å². The summed E-state index contributed by atoms with van der Waals surface area (Å²) >= 11 is 6.22. The average Bonchev–Trinajstić information content (AvgIpc) is 2.77. The summed E-state index contributed by atoms with van der Waals surface area (Å²) in [5, 5.41) is 0.630. The summed E-state index contributed by atoms with van der Waals surface area (Å²) in [6, 6.07) is 12.0. The molecular formula is C24H25ClN2O5S. The van der Waals surface area contributed by atoms with Crippen molar-refractivity contribution in [1.82, 2.24) is 4.57 Å². The lowest BCUT2D eigenvalue weighted by atomic mass is 10.0. The van der Waals surface area contributed by atoms with Gasteiger partial charge in [-0.25, -0.2) is 8.42 Å². The van der Waals surface area contributed by atoms with E-state index in [2.05, 4.69) is 4.72 Å². The van der Waals surface area contributed by atoms with Crippen molar-refractivity contribution in [2.45, 2.75) is 26.2 Å². The van der Waals surface area contributed by atoms with Crippen LogP contribution in [0.4, 0.5) is 5.69 Å². The highest BCUT2D eigenvalue weighted by molar-refractivity contribution is 7.92. The number of anilines is 1. The molecular weight excluding hydrogens is 464 g/mol. The molecule has 0 spiro atoms. The van der Waals surface area contributed by atoms with Crippen LogP contribution in [0, 0.1) is 0 Å². The zero-order chi connectivity index (χ0) is 23.6. The lowest BCUT2D eigenvalue weighted by Crippen LogP contribution is -2.17. The number of hydrogen-bond donors (Lipinski definition) is 1.